The first-order chi connectivity index (χ1) is 10.6. The standard InChI is InChI=1S/C17H18N2O3/c18-14(11-12-7-3-1-4-8-12)16(20)19-15(17(21)22)13-9-5-2-6-10-13/h1-10,14-15H,11,18H2,(H,19,20)(H,21,22)/t14-,15?/m0/s1. The second-order valence-electron chi connectivity index (χ2n) is 4.99. The Morgan fingerprint density at radius 3 is 2.09 bits per heavy atom. The number of carboxylic acid groups (broad SMARTS) is 1. The van der Waals surface area contributed by atoms with E-state index in [1.54, 1.807) is 30.3 Å². The van der Waals surface area contributed by atoms with Crippen molar-refractivity contribution in [3.8, 4) is 0 Å². The number of amides is 1. The minimum absolute atomic E-state index is 0.355. The largest absolute Gasteiger partial charge is 0.479 e. The normalized spacial score (nSPS) is 13.1. The maximum absolute atomic E-state index is 12.1. The Morgan fingerprint density at radius 2 is 1.55 bits per heavy atom. The molecule has 2 atom stereocenters. The Kier molecular flexibility index (Phi) is 5.27. The first-order valence-electron chi connectivity index (χ1n) is 6.95. The molecular weight excluding hydrogens is 280 g/mol. The summed E-state index contributed by atoms with van der Waals surface area (Å²) in [5.74, 6) is -1.61. The van der Waals surface area contributed by atoms with E-state index in [1.807, 2.05) is 30.3 Å². The van der Waals surface area contributed by atoms with Crippen LogP contribution in [-0.2, 0) is 16.0 Å². The smallest absolute Gasteiger partial charge is 0.330 e. The maximum Gasteiger partial charge on any atom is 0.330 e. The van der Waals surface area contributed by atoms with Crippen molar-refractivity contribution in [3.63, 3.8) is 0 Å². The lowest BCUT2D eigenvalue weighted by atomic mass is 10.0. The van der Waals surface area contributed by atoms with E-state index in [0.29, 0.717) is 12.0 Å². The fourth-order valence-corrected chi connectivity index (χ4v) is 2.14. The molecule has 0 radical (unpaired) electrons. The van der Waals surface area contributed by atoms with Crippen molar-refractivity contribution in [2.45, 2.75) is 18.5 Å². The van der Waals surface area contributed by atoms with Gasteiger partial charge >= 0.3 is 5.97 Å². The number of nitrogens with two attached hydrogens (primary N) is 1. The molecular formula is C17H18N2O3. The van der Waals surface area contributed by atoms with Gasteiger partial charge in [0, 0.05) is 0 Å². The molecule has 5 nitrogen and oxygen atoms in total. The maximum atomic E-state index is 12.1. The second kappa shape index (κ2) is 7.38. The van der Waals surface area contributed by atoms with E-state index in [1.165, 1.54) is 0 Å². The van der Waals surface area contributed by atoms with E-state index in [0.717, 1.165) is 5.56 Å². The zero-order valence-corrected chi connectivity index (χ0v) is 12.0. The summed E-state index contributed by atoms with van der Waals surface area (Å²) >= 11 is 0. The van der Waals surface area contributed by atoms with Gasteiger partial charge in [-0.05, 0) is 17.5 Å². The van der Waals surface area contributed by atoms with Gasteiger partial charge < -0.3 is 16.2 Å². The van der Waals surface area contributed by atoms with Crippen LogP contribution in [0.2, 0.25) is 0 Å². The van der Waals surface area contributed by atoms with Crippen LogP contribution in [0.25, 0.3) is 0 Å². The number of carbonyl (C=O) groups excluding carboxylic acids is 1. The summed E-state index contributed by atoms with van der Waals surface area (Å²) < 4.78 is 0. The molecule has 0 aliphatic rings. The fourth-order valence-electron chi connectivity index (χ4n) is 2.14. The lowest BCUT2D eigenvalue weighted by molar-refractivity contribution is -0.142. The number of carboxylic acids is 1. The summed E-state index contributed by atoms with van der Waals surface area (Å²) in [6.45, 7) is 0. The van der Waals surface area contributed by atoms with Crippen molar-refractivity contribution in [1.82, 2.24) is 5.32 Å². The predicted molar refractivity (Wildman–Crippen MR) is 83.1 cm³/mol. The molecule has 0 saturated carbocycles. The van der Waals surface area contributed by atoms with Gasteiger partial charge in [-0.3, -0.25) is 4.79 Å². The molecule has 4 N–H and O–H groups in total. The van der Waals surface area contributed by atoms with Crippen LogP contribution < -0.4 is 11.1 Å². The van der Waals surface area contributed by atoms with Crippen LogP contribution in [0, 0.1) is 0 Å². The van der Waals surface area contributed by atoms with Crippen molar-refractivity contribution in [3.05, 3.63) is 71.8 Å². The highest BCUT2D eigenvalue weighted by Crippen LogP contribution is 2.13. The van der Waals surface area contributed by atoms with Gasteiger partial charge in [-0.2, -0.15) is 0 Å². The molecule has 0 heterocycles. The van der Waals surface area contributed by atoms with Crippen LogP contribution in [0.3, 0.4) is 0 Å². The third kappa shape index (κ3) is 4.17. The molecule has 114 valence electrons. The molecule has 0 aliphatic carbocycles. The number of hydrogen-bond donors (Lipinski definition) is 3. The first kappa shape index (κ1) is 15.7. The van der Waals surface area contributed by atoms with E-state index >= 15 is 0 Å². The number of hydrogen-bond acceptors (Lipinski definition) is 3. The quantitative estimate of drug-likeness (QED) is 0.753. The SMILES string of the molecule is N[C@@H](Cc1ccccc1)C(=O)NC(C(=O)O)c1ccccc1. The molecule has 2 aromatic carbocycles. The molecule has 0 bridgehead atoms. The van der Waals surface area contributed by atoms with Crippen molar-refractivity contribution in [2.24, 2.45) is 5.73 Å². The molecule has 2 rings (SSSR count). The van der Waals surface area contributed by atoms with Gasteiger partial charge in [-0.15, -0.1) is 0 Å². The summed E-state index contributed by atoms with van der Waals surface area (Å²) in [6.07, 6.45) is 0.355. The van der Waals surface area contributed by atoms with Crippen molar-refractivity contribution < 1.29 is 14.7 Å². The van der Waals surface area contributed by atoms with E-state index in [2.05, 4.69) is 5.32 Å². The number of rotatable bonds is 6. The number of benzene rings is 2. The molecule has 5 heteroatoms. The van der Waals surface area contributed by atoms with E-state index in [9.17, 15) is 14.7 Å². The number of nitrogens with one attached hydrogen (secondary N) is 1. The number of carbonyl (C=O) groups is 2. The van der Waals surface area contributed by atoms with Gasteiger partial charge in [0.25, 0.3) is 0 Å². The van der Waals surface area contributed by atoms with E-state index < -0.39 is 24.0 Å². The van der Waals surface area contributed by atoms with Crippen LogP contribution in [0.4, 0.5) is 0 Å². The number of aliphatic carboxylic acids is 1. The van der Waals surface area contributed by atoms with Crippen molar-refractivity contribution >= 4 is 11.9 Å². The van der Waals surface area contributed by atoms with Crippen LogP contribution in [0.1, 0.15) is 17.2 Å². The Labute approximate surface area is 128 Å². The monoisotopic (exact) mass is 298 g/mol. The lowest BCUT2D eigenvalue weighted by Gasteiger charge is -2.18. The average Bonchev–Trinajstić information content (AvgIpc) is 2.53. The van der Waals surface area contributed by atoms with Crippen LogP contribution in [0.5, 0.6) is 0 Å². The Bertz CT molecular complexity index is 629. The zero-order chi connectivity index (χ0) is 15.9. The van der Waals surface area contributed by atoms with E-state index in [4.69, 9.17) is 5.73 Å². The Hall–Kier alpha value is -2.66. The molecule has 2 aromatic rings. The summed E-state index contributed by atoms with van der Waals surface area (Å²) in [5, 5.41) is 11.8. The third-order valence-corrected chi connectivity index (χ3v) is 3.30. The Morgan fingerprint density at radius 1 is 1.00 bits per heavy atom. The average molecular weight is 298 g/mol. The third-order valence-electron chi connectivity index (χ3n) is 3.30. The highest BCUT2D eigenvalue weighted by molar-refractivity contribution is 5.87. The van der Waals surface area contributed by atoms with Gasteiger partial charge in [-0.25, -0.2) is 4.79 Å². The lowest BCUT2D eigenvalue weighted by Crippen LogP contribution is -2.45. The molecule has 22 heavy (non-hydrogen) atoms. The van der Waals surface area contributed by atoms with Crippen LogP contribution >= 0.6 is 0 Å². The molecule has 1 amide bonds. The first-order valence-corrected chi connectivity index (χ1v) is 6.95. The summed E-state index contributed by atoms with van der Waals surface area (Å²) in [6, 6.07) is 16.0. The van der Waals surface area contributed by atoms with E-state index in [-0.39, 0.29) is 0 Å². The van der Waals surface area contributed by atoms with Gasteiger partial charge in [-0.1, -0.05) is 60.7 Å². The summed E-state index contributed by atoms with van der Waals surface area (Å²) in [4.78, 5) is 23.5. The minimum atomic E-state index is -1.12. The highest BCUT2D eigenvalue weighted by atomic mass is 16.4. The molecule has 0 saturated heterocycles. The second-order valence-corrected chi connectivity index (χ2v) is 4.99. The molecule has 0 fully saturated rings. The summed E-state index contributed by atoms with van der Waals surface area (Å²) in [5.41, 5.74) is 7.31. The molecule has 0 aromatic heterocycles. The summed E-state index contributed by atoms with van der Waals surface area (Å²) in [7, 11) is 0. The van der Waals surface area contributed by atoms with Crippen LogP contribution in [-0.4, -0.2) is 23.0 Å². The predicted octanol–water partition coefficient (Wildman–Crippen LogP) is 1.50. The van der Waals surface area contributed by atoms with Crippen molar-refractivity contribution in [1.29, 1.82) is 0 Å². The van der Waals surface area contributed by atoms with Gasteiger partial charge in [0.05, 0.1) is 6.04 Å². The Balaban J connectivity index is 2.04. The molecule has 0 aliphatic heterocycles. The van der Waals surface area contributed by atoms with Gasteiger partial charge in [0.2, 0.25) is 5.91 Å². The van der Waals surface area contributed by atoms with Gasteiger partial charge in [0.15, 0.2) is 6.04 Å². The highest BCUT2D eigenvalue weighted by Gasteiger charge is 2.24. The zero-order valence-electron chi connectivity index (χ0n) is 12.0. The van der Waals surface area contributed by atoms with Gasteiger partial charge in [0.1, 0.15) is 0 Å². The minimum Gasteiger partial charge on any atom is -0.479 e. The topological polar surface area (TPSA) is 92.4 Å². The van der Waals surface area contributed by atoms with Crippen LogP contribution in [0.15, 0.2) is 60.7 Å². The molecule has 1 unspecified atom stereocenters. The molecule has 0 spiro atoms. The fraction of sp³-hybridized carbons (Fsp3) is 0.176. The van der Waals surface area contributed by atoms with Crippen molar-refractivity contribution in [2.75, 3.05) is 0 Å².